The van der Waals surface area contributed by atoms with Crippen LogP contribution >= 0.6 is 7.92 Å². The van der Waals surface area contributed by atoms with Gasteiger partial charge in [0.15, 0.2) is 0 Å². The average molecular weight is 328 g/mol. The van der Waals surface area contributed by atoms with Gasteiger partial charge in [-0.3, -0.25) is 0 Å². The third-order valence-electron chi connectivity index (χ3n) is 4.98. The van der Waals surface area contributed by atoms with Gasteiger partial charge in [-0.2, -0.15) is 0 Å². The third-order valence-corrected chi connectivity index (χ3v) is 11.3. The molecule has 2 rings (SSSR count). The second kappa shape index (κ2) is 8.26. The smallest absolute Gasteiger partial charge is 0.747 e. The van der Waals surface area contributed by atoms with Gasteiger partial charge in [0, 0.05) is 0 Å². The fourth-order valence-corrected chi connectivity index (χ4v) is 10.5. The molecule has 0 heterocycles. The van der Waals surface area contributed by atoms with Crippen LogP contribution in [0.15, 0.2) is 0 Å². The first-order chi connectivity index (χ1) is 9.01. The van der Waals surface area contributed by atoms with E-state index in [0.717, 1.165) is 38.3 Å². The minimum absolute atomic E-state index is 0. The molecule has 2 aliphatic rings. The van der Waals surface area contributed by atoms with Crippen molar-refractivity contribution in [1.29, 1.82) is 0 Å². The summed E-state index contributed by atoms with van der Waals surface area (Å²) in [5.41, 5.74) is 0.524. The molecule has 0 bridgehead atoms. The molecule has 1 atom stereocenters. The summed E-state index contributed by atoms with van der Waals surface area (Å²) in [6.45, 7) is 2.10. The van der Waals surface area contributed by atoms with E-state index in [4.69, 9.17) is 0 Å². The first-order valence-corrected chi connectivity index (χ1v) is 10.7. The van der Waals surface area contributed by atoms with Gasteiger partial charge in [0.1, 0.15) is 10.1 Å². The maximum absolute atomic E-state index is 12.0. The van der Waals surface area contributed by atoms with Crippen LogP contribution in [0.5, 0.6) is 0 Å². The van der Waals surface area contributed by atoms with Crippen molar-refractivity contribution >= 4 is 18.0 Å². The molecule has 20 heavy (non-hydrogen) atoms. The second-order valence-corrected chi connectivity index (χ2v) is 11.2. The molecule has 0 aromatic heterocycles. The van der Waals surface area contributed by atoms with Crippen LogP contribution in [0.1, 0.15) is 71.1 Å². The summed E-state index contributed by atoms with van der Waals surface area (Å²) in [6.07, 6.45) is 11.1. The van der Waals surface area contributed by atoms with Crippen molar-refractivity contribution in [2.24, 2.45) is 0 Å². The number of hydrogen-bond acceptors (Lipinski definition) is 3. The summed E-state index contributed by atoms with van der Waals surface area (Å²) in [7, 11) is -4.84. The van der Waals surface area contributed by atoms with Gasteiger partial charge in [-0.1, -0.05) is 53.4 Å². The molecule has 0 spiro atoms. The van der Waals surface area contributed by atoms with E-state index in [1.54, 1.807) is 0 Å². The topological polar surface area (TPSA) is 57.2 Å². The first-order valence-electron chi connectivity index (χ1n) is 7.73. The van der Waals surface area contributed by atoms with E-state index in [9.17, 15) is 13.0 Å². The normalized spacial score (nSPS) is 25.7. The van der Waals surface area contributed by atoms with Crippen molar-refractivity contribution in [3.63, 3.8) is 0 Å². The molecule has 2 saturated carbocycles. The minimum Gasteiger partial charge on any atom is -0.747 e. The predicted molar refractivity (Wildman–Crippen MR) is 79.8 cm³/mol. The summed E-state index contributed by atoms with van der Waals surface area (Å²) in [6, 6.07) is 0. The number of hydrogen-bond donors (Lipinski definition) is 0. The summed E-state index contributed by atoms with van der Waals surface area (Å²) in [5.74, 6) is 0. The molecule has 0 radical (unpaired) electrons. The van der Waals surface area contributed by atoms with Gasteiger partial charge in [-0.25, -0.2) is 8.42 Å². The maximum Gasteiger partial charge on any atom is 1.00 e. The van der Waals surface area contributed by atoms with Crippen molar-refractivity contribution in [1.82, 2.24) is 0 Å². The molecule has 0 saturated heterocycles. The van der Waals surface area contributed by atoms with Gasteiger partial charge in [-0.05, 0) is 37.5 Å². The van der Waals surface area contributed by atoms with E-state index in [1.807, 2.05) is 0 Å². The maximum atomic E-state index is 12.0. The Morgan fingerprint density at radius 3 is 2.00 bits per heavy atom. The van der Waals surface area contributed by atoms with E-state index in [2.05, 4.69) is 6.92 Å². The Labute approximate surface area is 147 Å². The molecule has 2 fully saturated rings. The Bertz CT molecular complexity index is 387. The van der Waals surface area contributed by atoms with Crippen LogP contribution in [0.2, 0.25) is 0 Å². The molecule has 112 valence electrons. The quantitative estimate of drug-likeness (QED) is 0.440. The fraction of sp³-hybridized carbons (Fsp3) is 1.00. The molecule has 2 aliphatic carbocycles. The van der Waals surface area contributed by atoms with Crippen LogP contribution in [0.4, 0.5) is 0 Å². The van der Waals surface area contributed by atoms with Crippen LogP contribution in [0, 0.1) is 0 Å². The summed E-state index contributed by atoms with van der Waals surface area (Å²) in [5, 5.41) is 0. The zero-order valence-electron chi connectivity index (χ0n) is 12.9. The van der Waals surface area contributed by atoms with Gasteiger partial charge in [0.25, 0.3) is 0 Å². The van der Waals surface area contributed by atoms with Crippen molar-refractivity contribution in [2.75, 3.05) is 6.16 Å². The monoisotopic (exact) mass is 328 g/mol. The Morgan fingerprint density at radius 1 is 1.05 bits per heavy atom. The zero-order valence-corrected chi connectivity index (χ0v) is 16.6. The fourth-order valence-electron chi connectivity index (χ4n) is 4.06. The molecule has 0 amide bonds. The summed E-state index contributed by atoms with van der Waals surface area (Å²) < 4.78 is 35.2. The summed E-state index contributed by atoms with van der Waals surface area (Å²) >= 11 is 0. The van der Waals surface area contributed by atoms with Crippen molar-refractivity contribution in [3.05, 3.63) is 0 Å². The molecule has 0 aliphatic heterocycles. The first kappa shape index (κ1) is 19.4. The molecule has 0 aromatic rings. The molecular weight excluding hydrogens is 302 g/mol. The standard InChI is InChI=1S/C14H27O3PS.Na/c1-2-18(13-9-5-3-6-10-13)14(19(15,16)17)11-7-4-8-12-14;/h13H,2-12H2,1H3,(H,15,16,17);/q;+1/p-1. The van der Waals surface area contributed by atoms with Gasteiger partial charge < -0.3 is 4.55 Å². The summed E-state index contributed by atoms with van der Waals surface area (Å²) in [4.78, 5) is 0. The average Bonchev–Trinajstić information content (AvgIpc) is 2.41. The van der Waals surface area contributed by atoms with Gasteiger partial charge in [0.05, 0.1) is 4.49 Å². The zero-order chi connectivity index (χ0) is 13.9. The van der Waals surface area contributed by atoms with Gasteiger partial charge in [-0.15, -0.1) is 0 Å². The Balaban J connectivity index is 0.00000200. The molecule has 6 heteroatoms. The van der Waals surface area contributed by atoms with E-state index < -0.39 is 22.5 Å². The SMILES string of the molecule is CCP(C1CCCCC1)C1(S(=O)(=O)[O-])CCCCC1.[Na+]. The molecule has 1 unspecified atom stereocenters. The second-order valence-electron chi connectivity index (χ2n) is 6.04. The Kier molecular flexibility index (Phi) is 8.01. The molecular formula is C14H26NaO3PS. The minimum atomic E-state index is -4.17. The molecule has 3 nitrogen and oxygen atoms in total. The van der Waals surface area contributed by atoms with Crippen LogP contribution < -0.4 is 29.6 Å². The Morgan fingerprint density at radius 2 is 1.55 bits per heavy atom. The largest absolute Gasteiger partial charge is 1.00 e. The van der Waals surface area contributed by atoms with Crippen molar-refractivity contribution < 1.29 is 42.5 Å². The van der Waals surface area contributed by atoms with Crippen LogP contribution in [-0.4, -0.2) is 29.3 Å². The van der Waals surface area contributed by atoms with E-state index in [1.165, 1.54) is 19.3 Å². The van der Waals surface area contributed by atoms with E-state index in [-0.39, 0.29) is 29.6 Å². The van der Waals surface area contributed by atoms with Crippen molar-refractivity contribution in [2.45, 2.75) is 81.3 Å². The third kappa shape index (κ3) is 4.00. The molecule has 0 N–H and O–H groups in total. The van der Waals surface area contributed by atoms with Crippen LogP contribution in [-0.2, 0) is 10.1 Å². The van der Waals surface area contributed by atoms with E-state index >= 15 is 0 Å². The molecule has 0 aromatic carbocycles. The Hall–Kier alpha value is 1.34. The predicted octanol–water partition coefficient (Wildman–Crippen LogP) is 1.03. The van der Waals surface area contributed by atoms with Crippen molar-refractivity contribution in [3.8, 4) is 0 Å². The van der Waals surface area contributed by atoms with Gasteiger partial charge in [0.2, 0.25) is 0 Å². The van der Waals surface area contributed by atoms with Gasteiger partial charge >= 0.3 is 29.6 Å². The van der Waals surface area contributed by atoms with Crippen LogP contribution in [0.3, 0.4) is 0 Å². The van der Waals surface area contributed by atoms with E-state index in [0.29, 0.717) is 18.5 Å². The van der Waals surface area contributed by atoms with Crippen LogP contribution in [0.25, 0.3) is 0 Å². The number of rotatable bonds is 4.